The zero-order valence-electron chi connectivity index (χ0n) is 13.8. The maximum absolute atomic E-state index is 9.34. The summed E-state index contributed by atoms with van der Waals surface area (Å²) in [5.41, 5.74) is -0.378. The molecule has 0 aromatic heterocycles. The van der Waals surface area contributed by atoms with Gasteiger partial charge in [-0.2, -0.15) is 5.26 Å². The van der Waals surface area contributed by atoms with Gasteiger partial charge in [0, 0.05) is 13.1 Å². The van der Waals surface area contributed by atoms with Crippen molar-refractivity contribution < 1.29 is 0 Å². The largest absolute Gasteiger partial charge is 0.306 e. The number of hydrogen-bond acceptors (Lipinski definition) is 4. The van der Waals surface area contributed by atoms with Crippen LogP contribution in [0, 0.1) is 17.2 Å². The molecule has 1 rings (SSSR count). The number of likely N-dealkylation sites (tertiary alicyclic amines) is 1. The van der Waals surface area contributed by atoms with Gasteiger partial charge in [0.05, 0.1) is 6.07 Å². The van der Waals surface area contributed by atoms with Crippen LogP contribution in [0.5, 0.6) is 0 Å². The van der Waals surface area contributed by atoms with E-state index in [-0.39, 0.29) is 5.54 Å². The van der Waals surface area contributed by atoms with Crippen LogP contribution < -0.4 is 5.32 Å². The number of piperidine rings is 1. The molecule has 1 aliphatic heterocycles. The maximum Gasteiger partial charge on any atom is 0.105 e. The summed E-state index contributed by atoms with van der Waals surface area (Å²) in [5.74, 6) is 0.827. The van der Waals surface area contributed by atoms with Gasteiger partial charge in [-0.3, -0.25) is 5.32 Å². The van der Waals surface area contributed by atoms with Crippen LogP contribution in [0.2, 0.25) is 0 Å². The molecule has 4 heteroatoms. The second-order valence-electron chi connectivity index (χ2n) is 6.63. The molecular weight excluding hydrogens is 248 g/mol. The van der Waals surface area contributed by atoms with Crippen LogP contribution in [-0.4, -0.2) is 62.2 Å². The lowest BCUT2D eigenvalue weighted by Gasteiger charge is -2.32. The quantitative estimate of drug-likeness (QED) is 0.738. The maximum atomic E-state index is 9.34. The van der Waals surface area contributed by atoms with Crippen molar-refractivity contribution in [2.24, 2.45) is 5.92 Å². The van der Waals surface area contributed by atoms with Crippen molar-refractivity contribution in [2.45, 2.75) is 45.1 Å². The molecule has 0 spiro atoms. The van der Waals surface area contributed by atoms with E-state index in [1.54, 1.807) is 0 Å². The summed E-state index contributed by atoms with van der Waals surface area (Å²) in [4.78, 5) is 4.82. The van der Waals surface area contributed by atoms with E-state index in [9.17, 15) is 5.26 Å². The second-order valence-corrected chi connectivity index (χ2v) is 6.63. The molecule has 0 aromatic rings. The molecule has 1 saturated heterocycles. The number of hydrogen-bond donors (Lipinski definition) is 1. The zero-order chi connectivity index (χ0) is 15.0. The summed E-state index contributed by atoms with van der Waals surface area (Å²) < 4.78 is 0. The number of nitriles is 1. The van der Waals surface area contributed by atoms with Gasteiger partial charge in [0.1, 0.15) is 5.54 Å². The fourth-order valence-corrected chi connectivity index (χ4v) is 2.78. The van der Waals surface area contributed by atoms with Gasteiger partial charge in [0.25, 0.3) is 0 Å². The molecule has 4 nitrogen and oxygen atoms in total. The van der Waals surface area contributed by atoms with E-state index >= 15 is 0 Å². The fourth-order valence-electron chi connectivity index (χ4n) is 2.78. The molecule has 0 aromatic carbocycles. The SMILES string of the molecule is CCCNC(C)(C#N)CCN(C)CC1CCN(C)CC1. The Morgan fingerprint density at radius 2 is 2.05 bits per heavy atom. The molecule has 1 atom stereocenters. The Morgan fingerprint density at radius 1 is 1.40 bits per heavy atom. The van der Waals surface area contributed by atoms with Crippen molar-refractivity contribution in [2.75, 3.05) is 46.8 Å². The van der Waals surface area contributed by atoms with Crippen LogP contribution in [0.3, 0.4) is 0 Å². The Kier molecular flexibility index (Phi) is 7.50. The first kappa shape index (κ1) is 17.4. The van der Waals surface area contributed by atoms with E-state index in [0.29, 0.717) is 0 Å². The van der Waals surface area contributed by atoms with Gasteiger partial charge in [0.2, 0.25) is 0 Å². The lowest BCUT2D eigenvalue weighted by atomic mass is 9.95. The molecule has 1 fully saturated rings. The van der Waals surface area contributed by atoms with Crippen LogP contribution in [-0.2, 0) is 0 Å². The Bertz CT molecular complexity index is 304. The minimum atomic E-state index is -0.378. The molecule has 0 radical (unpaired) electrons. The average Bonchev–Trinajstić information content (AvgIpc) is 2.45. The summed E-state index contributed by atoms with van der Waals surface area (Å²) in [6.07, 6.45) is 4.59. The molecule has 0 aliphatic carbocycles. The highest BCUT2D eigenvalue weighted by atomic mass is 15.1. The Labute approximate surface area is 125 Å². The first-order valence-corrected chi connectivity index (χ1v) is 8.02. The first-order chi connectivity index (χ1) is 9.49. The highest BCUT2D eigenvalue weighted by molar-refractivity contribution is 5.03. The monoisotopic (exact) mass is 280 g/mol. The summed E-state index contributed by atoms with van der Waals surface area (Å²) in [7, 11) is 4.40. The second kappa shape index (κ2) is 8.61. The topological polar surface area (TPSA) is 42.3 Å². The van der Waals surface area contributed by atoms with Gasteiger partial charge in [-0.25, -0.2) is 0 Å². The number of rotatable bonds is 8. The van der Waals surface area contributed by atoms with E-state index < -0.39 is 0 Å². The van der Waals surface area contributed by atoms with Crippen LogP contribution >= 0.6 is 0 Å². The highest BCUT2D eigenvalue weighted by Gasteiger charge is 2.24. The molecule has 20 heavy (non-hydrogen) atoms. The van der Waals surface area contributed by atoms with Gasteiger partial charge in [-0.15, -0.1) is 0 Å². The Hall–Kier alpha value is -0.630. The lowest BCUT2D eigenvalue weighted by Crippen LogP contribution is -2.44. The Morgan fingerprint density at radius 3 is 2.60 bits per heavy atom. The third-order valence-electron chi connectivity index (χ3n) is 4.41. The predicted molar refractivity (Wildman–Crippen MR) is 84.6 cm³/mol. The molecule has 116 valence electrons. The van der Waals surface area contributed by atoms with Crippen LogP contribution in [0.25, 0.3) is 0 Å². The lowest BCUT2D eigenvalue weighted by molar-refractivity contribution is 0.171. The third kappa shape index (κ3) is 6.21. The molecule has 1 aliphatic rings. The molecule has 0 bridgehead atoms. The molecule has 1 N–H and O–H groups in total. The van der Waals surface area contributed by atoms with E-state index in [1.807, 2.05) is 6.92 Å². The van der Waals surface area contributed by atoms with E-state index in [2.05, 4.69) is 42.2 Å². The standard InChI is InChI=1S/C16H32N4/c1-5-9-18-16(2,14-17)8-12-20(4)13-15-6-10-19(3)11-7-15/h15,18H,5-13H2,1-4H3. The summed E-state index contributed by atoms with van der Waals surface area (Å²) >= 11 is 0. The minimum Gasteiger partial charge on any atom is -0.306 e. The van der Waals surface area contributed by atoms with E-state index in [0.717, 1.165) is 31.8 Å². The van der Waals surface area contributed by atoms with Crippen molar-refractivity contribution in [3.8, 4) is 6.07 Å². The number of nitrogens with one attached hydrogen (secondary N) is 1. The first-order valence-electron chi connectivity index (χ1n) is 8.02. The van der Waals surface area contributed by atoms with Crippen molar-refractivity contribution in [3.05, 3.63) is 0 Å². The van der Waals surface area contributed by atoms with Crippen molar-refractivity contribution in [1.82, 2.24) is 15.1 Å². The normalized spacial score (nSPS) is 20.8. The van der Waals surface area contributed by atoms with Crippen molar-refractivity contribution >= 4 is 0 Å². The fraction of sp³-hybridized carbons (Fsp3) is 0.938. The van der Waals surface area contributed by atoms with E-state index in [1.165, 1.54) is 32.5 Å². The molecule has 0 amide bonds. The van der Waals surface area contributed by atoms with Gasteiger partial charge in [-0.1, -0.05) is 6.92 Å². The summed E-state index contributed by atoms with van der Waals surface area (Å²) in [6.45, 7) is 9.70. The number of nitrogens with zero attached hydrogens (tertiary/aromatic N) is 3. The summed E-state index contributed by atoms with van der Waals surface area (Å²) in [5, 5.41) is 12.7. The minimum absolute atomic E-state index is 0.378. The average molecular weight is 280 g/mol. The van der Waals surface area contributed by atoms with Crippen LogP contribution in [0.1, 0.15) is 39.5 Å². The molecule has 1 unspecified atom stereocenters. The van der Waals surface area contributed by atoms with E-state index in [4.69, 9.17) is 0 Å². The molecular formula is C16H32N4. The van der Waals surface area contributed by atoms with Crippen molar-refractivity contribution in [3.63, 3.8) is 0 Å². The zero-order valence-corrected chi connectivity index (χ0v) is 13.8. The van der Waals surface area contributed by atoms with Crippen LogP contribution in [0.15, 0.2) is 0 Å². The Balaban J connectivity index is 2.27. The van der Waals surface area contributed by atoms with Gasteiger partial charge in [-0.05, 0) is 72.3 Å². The molecule has 1 heterocycles. The molecule has 0 saturated carbocycles. The third-order valence-corrected chi connectivity index (χ3v) is 4.41. The van der Waals surface area contributed by atoms with Crippen molar-refractivity contribution in [1.29, 1.82) is 5.26 Å². The van der Waals surface area contributed by atoms with Gasteiger partial charge >= 0.3 is 0 Å². The highest BCUT2D eigenvalue weighted by Crippen LogP contribution is 2.17. The smallest absolute Gasteiger partial charge is 0.105 e. The predicted octanol–water partition coefficient (Wildman–Crippen LogP) is 1.93. The van der Waals surface area contributed by atoms with Gasteiger partial charge < -0.3 is 9.80 Å². The summed E-state index contributed by atoms with van der Waals surface area (Å²) in [6, 6.07) is 2.43. The van der Waals surface area contributed by atoms with Crippen LogP contribution in [0.4, 0.5) is 0 Å². The van der Waals surface area contributed by atoms with Gasteiger partial charge in [0.15, 0.2) is 0 Å².